The van der Waals surface area contributed by atoms with Gasteiger partial charge in [-0.15, -0.1) is 11.8 Å². The third-order valence-corrected chi connectivity index (χ3v) is 6.51. The van der Waals surface area contributed by atoms with E-state index in [0.29, 0.717) is 0 Å². The van der Waals surface area contributed by atoms with E-state index in [2.05, 4.69) is 14.8 Å². The van der Waals surface area contributed by atoms with Crippen molar-refractivity contribution in [1.82, 2.24) is 14.8 Å². The summed E-state index contributed by atoms with van der Waals surface area (Å²) in [5, 5.41) is 0. The highest BCUT2D eigenvalue weighted by atomic mass is 32.2. The number of nitrogens with two attached hydrogens (primary N) is 1. The lowest BCUT2D eigenvalue weighted by Crippen LogP contribution is -2.46. The molecule has 2 aliphatic rings. The molecule has 2 aromatic rings. The van der Waals surface area contributed by atoms with Crippen LogP contribution in [0.1, 0.15) is 19.3 Å². The number of amides is 1. The van der Waals surface area contributed by atoms with Crippen LogP contribution in [0.5, 0.6) is 0 Å². The van der Waals surface area contributed by atoms with Crippen LogP contribution in [0.15, 0.2) is 28.7 Å². The number of fused-ring (bicyclic) bond motifs is 1. The van der Waals surface area contributed by atoms with Crippen molar-refractivity contribution < 1.29 is 9.21 Å². The number of anilines is 1. The average Bonchev–Trinajstić information content (AvgIpc) is 3.40. The number of para-hydroxylation sites is 2. The molecule has 0 unspecified atom stereocenters. The monoisotopic (exact) mass is 403 g/mol. The molecule has 8 heteroatoms. The molecule has 0 radical (unpaired) electrons. The standard InChI is InChI=1S/C20H29N5O2S/c21-16(19(26)25-13-14-28-15-25)5-3-4-8-23-9-11-24(12-10-23)20-22-17-6-1-2-7-18(17)27-20/h1-2,6-7,16H,3-5,8-15,21H2/t16-/m0/s1. The summed E-state index contributed by atoms with van der Waals surface area (Å²) in [4.78, 5) is 23.4. The maximum atomic E-state index is 12.2. The van der Waals surface area contributed by atoms with Gasteiger partial charge in [0.25, 0.3) is 6.01 Å². The lowest BCUT2D eigenvalue weighted by Gasteiger charge is -2.33. The van der Waals surface area contributed by atoms with E-state index in [4.69, 9.17) is 10.2 Å². The molecule has 1 amide bonds. The highest BCUT2D eigenvalue weighted by Crippen LogP contribution is 2.22. The fraction of sp³-hybridized carbons (Fsp3) is 0.600. The Morgan fingerprint density at radius 2 is 2.00 bits per heavy atom. The van der Waals surface area contributed by atoms with Crippen LogP contribution in [0.25, 0.3) is 11.1 Å². The molecule has 152 valence electrons. The average molecular weight is 404 g/mol. The van der Waals surface area contributed by atoms with Crippen LogP contribution < -0.4 is 10.6 Å². The summed E-state index contributed by atoms with van der Waals surface area (Å²) in [6.07, 6.45) is 2.86. The van der Waals surface area contributed by atoms with Crippen LogP contribution in [0, 0.1) is 0 Å². The van der Waals surface area contributed by atoms with E-state index in [1.54, 1.807) is 11.8 Å². The van der Waals surface area contributed by atoms with Gasteiger partial charge >= 0.3 is 0 Å². The van der Waals surface area contributed by atoms with Crippen molar-refractivity contribution >= 4 is 34.8 Å². The molecule has 3 heterocycles. The molecule has 2 aliphatic heterocycles. The quantitative estimate of drug-likeness (QED) is 0.708. The maximum Gasteiger partial charge on any atom is 0.298 e. The first-order chi connectivity index (χ1) is 13.7. The first-order valence-electron chi connectivity index (χ1n) is 10.2. The minimum atomic E-state index is -0.338. The highest BCUT2D eigenvalue weighted by molar-refractivity contribution is 7.99. The summed E-state index contributed by atoms with van der Waals surface area (Å²) in [5.41, 5.74) is 7.85. The van der Waals surface area contributed by atoms with Gasteiger partial charge in [0.15, 0.2) is 5.58 Å². The molecular formula is C20H29N5O2S. The number of rotatable bonds is 7. The largest absolute Gasteiger partial charge is 0.423 e. The smallest absolute Gasteiger partial charge is 0.298 e. The van der Waals surface area contributed by atoms with Crippen molar-refractivity contribution in [2.45, 2.75) is 25.3 Å². The molecular weight excluding hydrogens is 374 g/mol. The van der Waals surface area contributed by atoms with Gasteiger partial charge in [-0.3, -0.25) is 9.69 Å². The number of thioether (sulfide) groups is 1. The summed E-state index contributed by atoms with van der Waals surface area (Å²) in [5.74, 6) is 1.96. The number of aromatic nitrogens is 1. The first-order valence-corrected chi connectivity index (χ1v) is 11.3. The zero-order valence-electron chi connectivity index (χ0n) is 16.3. The Morgan fingerprint density at radius 3 is 2.75 bits per heavy atom. The van der Waals surface area contributed by atoms with E-state index in [1.165, 1.54) is 0 Å². The molecule has 2 fully saturated rings. The van der Waals surface area contributed by atoms with E-state index < -0.39 is 0 Å². The molecule has 0 spiro atoms. The van der Waals surface area contributed by atoms with Crippen molar-refractivity contribution in [2.24, 2.45) is 5.73 Å². The Hall–Kier alpha value is -1.77. The van der Waals surface area contributed by atoms with Gasteiger partial charge in [-0.2, -0.15) is 4.98 Å². The van der Waals surface area contributed by atoms with Crippen LogP contribution >= 0.6 is 11.8 Å². The number of carbonyl (C=O) groups excluding carboxylic acids is 1. The highest BCUT2D eigenvalue weighted by Gasteiger charge is 2.24. The SMILES string of the molecule is N[C@@H](CCCCN1CCN(c2nc3ccccc3o2)CC1)C(=O)N1CCSC1. The Kier molecular flexibility index (Phi) is 6.39. The summed E-state index contributed by atoms with van der Waals surface area (Å²) in [6, 6.07) is 8.28. The van der Waals surface area contributed by atoms with Crippen LogP contribution in [-0.4, -0.2) is 77.6 Å². The van der Waals surface area contributed by atoms with Crippen LogP contribution in [0.4, 0.5) is 6.01 Å². The van der Waals surface area contributed by atoms with E-state index in [1.807, 2.05) is 29.2 Å². The van der Waals surface area contributed by atoms with Crippen molar-refractivity contribution in [3.8, 4) is 0 Å². The molecule has 1 aromatic carbocycles. The number of carbonyl (C=O) groups is 1. The van der Waals surface area contributed by atoms with E-state index in [0.717, 1.165) is 87.3 Å². The molecule has 0 saturated carbocycles. The van der Waals surface area contributed by atoms with Crippen molar-refractivity contribution in [1.29, 1.82) is 0 Å². The molecule has 1 aromatic heterocycles. The molecule has 2 N–H and O–H groups in total. The minimum Gasteiger partial charge on any atom is -0.423 e. The zero-order chi connectivity index (χ0) is 19.3. The molecule has 0 aliphatic carbocycles. The lowest BCUT2D eigenvalue weighted by molar-refractivity contribution is -0.131. The third kappa shape index (κ3) is 4.61. The number of unbranched alkanes of at least 4 members (excludes halogenated alkanes) is 1. The van der Waals surface area contributed by atoms with Crippen molar-refractivity contribution in [3.63, 3.8) is 0 Å². The Bertz CT molecular complexity index is 751. The van der Waals surface area contributed by atoms with Gasteiger partial charge in [0.05, 0.1) is 11.9 Å². The first kappa shape index (κ1) is 19.5. The minimum absolute atomic E-state index is 0.122. The van der Waals surface area contributed by atoms with E-state index >= 15 is 0 Å². The van der Waals surface area contributed by atoms with Crippen LogP contribution in [0.3, 0.4) is 0 Å². The van der Waals surface area contributed by atoms with Gasteiger partial charge in [0.1, 0.15) is 5.52 Å². The lowest BCUT2D eigenvalue weighted by atomic mass is 10.1. The van der Waals surface area contributed by atoms with E-state index in [-0.39, 0.29) is 11.9 Å². The summed E-state index contributed by atoms with van der Waals surface area (Å²) >= 11 is 1.80. The Morgan fingerprint density at radius 1 is 1.18 bits per heavy atom. The number of oxazole rings is 1. The number of piperazine rings is 1. The molecule has 0 bridgehead atoms. The molecule has 28 heavy (non-hydrogen) atoms. The maximum absolute atomic E-state index is 12.2. The van der Waals surface area contributed by atoms with Crippen LogP contribution in [0.2, 0.25) is 0 Å². The molecule has 1 atom stereocenters. The summed E-state index contributed by atoms with van der Waals surface area (Å²) in [7, 11) is 0. The van der Waals surface area contributed by atoms with Gasteiger partial charge in [0.2, 0.25) is 5.91 Å². The number of benzene rings is 1. The number of nitrogens with zero attached hydrogens (tertiary/aromatic N) is 4. The van der Waals surface area contributed by atoms with Gasteiger partial charge in [-0.1, -0.05) is 18.6 Å². The Balaban J connectivity index is 1.15. The normalized spacial score (nSPS) is 19.5. The fourth-order valence-electron chi connectivity index (χ4n) is 3.80. The second-order valence-electron chi connectivity index (χ2n) is 7.53. The van der Waals surface area contributed by atoms with Gasteiger partial charge in [-0.05, 0) is 31.5 Å². The predicted octanol–water partition coefficient (Wildman–Crippen LogP) is 1.98. The summed E-state index contributed by atoms with van der Waals surface area (Å²) in [6.45, 7) is 5.78. The van der Waals surface area contributed by atoms with Crippen molar-refractivity contribution in [2.75, 3.05) is 55.8 Å². The van der Waals surface area contributed by atoms with Gasteiger partial charge < -0.3 is 20.0 Å². The topological polar surface area (TPSA) is 78.8 Å². The second kappa shape index (κ2) is 9.15. The zero-order valence-corrected chi connectivity index (χ0v) is 17.1. The summed E-state index contributed by atoms with van der Waals surface area (Å²) < 4.78 is 5.88. The van der Waals surface area contributed by atoms with Gasteiger partial charge in [-0.25, -0.2) is 0 Å². The predicted molar refractivity (Wildman–Crippen MR) is 114 cm³/mol. The molecule has 4 rings (SSSR count). The molecule has 2 saturated heterocycles. The third-order valence-electron chi connectivity index (χ3n) is 5.55. The van der Waals surface area contributed by atoms with Crippen molar-refractivity contribution in [3.05, 3.63) is 24.3 Å². The van der Waals surface area contributed by atoms with Crippen LogP contribution in [-0.2, 0) is 4.79 Å². The van der Waals surface area contributed by atoms with Gasteiger partial charge in [0, 0.05) is 38.5 Å². The number of hydrogen-bond acceptors (Lipinski definition) is 7. The fourth-order valence-corrected chi connectivity index (χ4v) is 4.76. The Labute approximate surface area is 170 Å². The molecule has 7 nitrogen and oxygen atoms in total. The number of hydrogen-bond donors (Lipinski definition) is 1. The second-order valence-corrected chi connectivity index (χ2v) is 8.61. The van der Waals surface area contributed by atoms with E-state index in [9.17, 15) is 4.79 Å².